The molecule has 1 aromatic rings. The lowest BCUT2D eigenvalue weighted by atomic mass is 9.48. The van der Waals surface area contributed by atoms with Gasteiger partial charge >= 0.3 is 5.97 Å². The molecule has 5 rings (SSSR count). The van der Waals surface area contributed by atoms with E-state index in [1.807, 2.05) is 6.08 Å². The molecule has 0 saturated heterocycles. The predicted molar refractivity (Wildman–Crippen MR) is 113 cm³/mol. The lowest BCUT2D eigenvalue weighted by molar-refractivity contribution is -0.137. The van der Waals surface area contributed by atoms with Crippen LogP contribution in [0.2, 0.25) is 0 Å². The maximum absolute atomic E-state index is 12.0. The number of carbonyl (C=O) groups is 2. The van der Waals surface area contributed by atoms with E-state index in [-0.39, 0.29) is 18.4 Å². The molecule has 3 fully saturated rings. The zero-order valence-electron chi connectivity index (χ0n) is 18.5. The highest BCUT2D eigenvalue weighted by molar-refractivity contribution is 5.91. The van der Waals surface area contributed by atoms with Gasteiger partial charge in [0.1, 0.15) is 11.3 Å². The van der Waals surface area contributed by atoms with Crippen molar-refractivity contribution in [2.75, 3.05) is 0 Å². The zero-order chi connectivity index (χ0) is 22.0. The van der Waals surface area contributed by atoms with Gasteiger partial charge in [-0.05, 0) is 74.2 Å². The Balaban J connectivity index is 1.42. The number of aliphatic carboxylic acids is 1. The van der Waals surface area contributed by atoms with Crippen LogP contribution in [0, 0.1) is 35.0 Å². The van der Waals surface area contributed by atoms with E-state index in [9.17, 15) is 14.7 Å². The Kier molecular flexibility index (Phi) is 4.88. The summed E-state index contributed by atoms with van der Waals surface area (Å²) in [5, 5.41) is 29.3. The second-order valence-electron chi connectivity index (χ2n) is 10.7. The summed E-state index contributed by atoms with van der Waals surface area (Å²) in [4.78, 5) is 22.9. The third-order valence-electron chi connectivity index (χ3n) is 9.31. The minimum atomic E-state index is -1.03. The number of carboxylic acid groups (broad SMARTS) is 1. The monoisotopic (exact) mass is 427 g/mol. The number of hydrogen-bond donors (Lipinski definition) is 2. The van der Waals surface area contributed by atoms with Gasteiger partial charge in [-0.1, -0.05) is 24.6 Å². The van der Waals surface area contributed by atoms with Crippen molar-refractivity contribution >= 4 is 11.8 Å². The molecule has 31 heavy (non-hydrogen) atoms. The predicted octanol–water partition coefficient (Wildman–Crippen LogP) is 3.33. The number of aliphatic hydroxyl groups is 1. The van der Waals surface area contributed by atoms with Crippen LogP contribution in [0.5, 0.6) is 0 Å². The first-order valence-corrected chi connectivity index (χ1v) is 11.8. The molecule has 4 unspecified atom stereocenters. The van der Waals surface area contributed by atoms with E-state index in [2.05, 4.69) is 24.2 Å². The van der Waals surface area contributed by atoms with Crippen LogP contribution in [-0.4, -0.2) is 37.0 Å². The van der Waals surface area contributed by atoms with Gasteiger partial charge in [0.2, 0.25) is 0 Å². The van der Waals surface area contributed by atoms with Crippen molar-refractivity contribution in [3.05, 3.63) is 23.5 Å². The molecule has 0 amide bonds. The van der Waals surface area contributed by atoms with Crippen molar-refractivity contribution in [1.29, 1.82) is 0 Å². The number of hydrogen-bond acceptors (Lipinski definition) is 5. The number of aromatic nitrogens is 3. The number of rotatable bonds is 4. The summed E-state index contributed by atoms with van der Waals surface area (Å²) >= 11 is 0. The van der Waals surface area contributed by atoms with Crippen LogP contribution in [0.3, 0.4) is 0 Å². The molecular weight excluding hydrogens is 394 g/mol. The van der Waals surface area contributed by atoms with Crippen molar-refractivity contribution in [3.8, 4) is 0 Å². The highest BCUT2D eigenvalue weighted by atomic mass is 16.4. The van der Waals surface area contributed by atoms with Crippen LogP contribution in [0.1, 0.15) is 70.9 Å². The minimum absolute atomic E-state index is 0.0118. The second kappa shape index (κ2) is 7.26. The first-order valence-electron chi connectivity index (χ1n) is 11.8. The number of carboxylic acids is 1. The Hall–Kier alpha value is -2.02. The molecular formula is C24H33N3O4. The SMILES string of the molecule is C[C@@H]1CC2=CC(=O)CCC2C2CC[C@@]3(C)C(CC[C@@]3(O)c3cn(CCC(=O)O)nn3)C21. The van der Waals surface area contributed by atoms with E-state index >= 15 is 0 Å². The molecule has 168 valence electrons. The van der Waals surface area contributed by atoms with Gasteiger partial charge in [0.05, 0.1) is 19.2 Å². The fourth-order valence-corrected chi connectivity index (χ4v) is 7.83. The molecule has 0 aliphatic heterocycles. The Morgan fingerprint density at radius 2 is 2.10 bits per heavy atom. The molecule has 7 heteroatoms. The summed E-state index contributed by atoms with van der Waals surface area (Å²) < 4.78 is 1.54. The lowest BCUT2D eigenvalue weighted by Crippen LogP contribution is -2.53. The van der Waals surface area contributed by atoms with Crippen LogP contribution in [0.4, 0.5) is 0 Å². The summed E-state index contributed by atoms with van der Waals surface area (Å²) in [5.74, 6) is 2.06. The number of ketones is 1. The van der Waals surface area contributed by atoms with Gasteiger partial charge in [-0.2, -0.15) is 0 Å². The van der Waals surface area contributed by atoms with Crippen LogP contribution in [-0.2, 0) is 21.7 Å². The van der Waals surface area contributed by atoms with E-state index in [1.54, 1.807) is 10.9 Å². The van der Waals surface area contributed by atoms with Gasteiger partial charge in [-0.3, -0.25) is 14.3 Å². The van der Waals surface area contributed by atoms with Crippen LogP contribution >= 0.6 is 0 Å². The lowest BCUT2D eigenvalue weighted by Gasteiger charge is -2.57. The molecule has 0 radical (unpaired) electrons. The van der Waals surface area contributed by atoms with Crippen molar-refractivity contribution in [2.45, 2.75) is 77.4 Å². The first-order chi connectivity index (χ1) is 14.7. The molecule has 0 aromatic carbocycles. The van der Waals surface area contributed by atoms with E-state index in [0.717, 1.165) is 32.1 Å². The van der Waals surface area contributed by atoms with Crippen molar-refractivity contribution in [1.82, 2.24) is 15.0 Å². The van der Waals surface area contributed by atoms with Gasteiger partial charge < -0.3 is 10.2 Å². The highest BCUT2D eigenvalue weighted by Gasteiger charge is 2.64. The number of fused-ring (bicyclic) bond motifs is 5. The van der Waals surface area contributed by atoms with E-state index < -0.39 is 11.6 Å². The summed E-state index contributed by atoms with van der Waals surface area (Å²) in [6, 6.07) is 0. The van der Waals surface area contributed by atoms with Gasteiger partial charge in [0, 0.05) is 11.8 Å². The maximum Gasteiger partial charge on any atom is 0.305 e. The van der Waals surface area contributed by atoms with Crippen molar-refractivity contribution in [2.24, 2.45) is 35.0 Å². The minimum Gasteiger partial charge on any atom is -0.481 e. The molecule has 7 nitrogen and oxygen atoms in total. The van der Waals surface area contributed by atoms with Crippen molar-refractivity contribution < 1.29 is 19.8 Å². The largest absolute Gasteiger partial charge is 0.481 e. The standard InChI is InChI=1S/C24H33N3O4/c1-14-11-15-12-16(28)3-4-17(15)18-5-8-23(2)19(22(14)18)6-9-24(23,31)20-13-27(26-25-20)10-7-21(29)30/h12-14,17-19,22,31H,3-11H2,1-2H3,(H,29,30)/t14-,17?,18?,19?,22?,23+,24-/m1/s1. The molecule has 0 spiro atoms. The average molecular weight is 428 g/mol. The number of carbonyl (C=O) groups excluding carboxylic acids is 1. The molecule has 4 aliphatic rings. The Morgan fingerprint density at radius 3 is 2.87 bits per heavy atom. The van der Waals surface area contributed by atoms with Gasteiger partial charge in [0.25, 0.3) is 0 Å². The van der Waals surface area contributed by atoms with Gasteiger partial charge in [0.15, 0.2) is 5.78 Å². The maximum atomic E-state index is 12.0. The summed E-state index contributed by atoms with van der Waals surface area (Å²) in [6.07, 6.45) is 10.0. The number of nitrogens with zero attached hydrogens (tertiary/aromatic N) is 3. The fourth-order valence-electron chi connectivity index (χ4n) is 7.83. The Morgan fingerprint density at radius 1 is 1.29 bits per heavy atom. The normalized spacial score (nSPS) is 41.8. The van der Waals surface area contributed by atoms with Gasteiger partial charge in [-0.25, -0.2) is 0 Å². The Labute approximate surface area is 182 Å². The van der Waals surface area contributed by atoms with Crippen molar-refractivity contribution in [3.63, 3.8) is 0 Å². The zero-order valence-corrected chi connectivity index (χ0v) is 18.5. The van der Waals surface area contributed by atoms with Crippen LogP contribution in [0.15, 0.2) is 17.8 Å². The third-order valence-corrected chi connectivity index (χ3v) is 9.31. The molecule has 7 atom stereocenters. The molecule has 0 bridgehead atoms. The van der Waals surface area contributed by atoms with Crippen LogP contribution < -0.4 is 0 Å². The average Bonchev–Trinajstić information content (AvgIpc) is 3.30. The topological polar surface area (TPSA) is 105 Å². The van der Waals surface area contributed by atoms with E-state index in [1.165, 1.54) is 5.57 Å². The third kappa shape index (κ3) is 3.11. The molecule has 3 saturated carbocycles. The highest BCUT2D eigenvalue weighted by Crippen LogP contribution is 2.68. The number of allylic oxidation sites excluding steroid dienone is 1. The Bertz CT molecular complexity index is 939. The molecule has 2 N–H and O–H groups in total. The molecule has 4 aliphatic carbocycles. The first kappa shape index (κ1) is 20.9. The quantitative estimate of drug-likeness (QED) is 0.764. The number of aryl methyl sites for hydroxylation is 1. The summed E-state index contributed by atoms with van der Waals surface area (Å²) in [7, 11) is 0. The van der Waals surface area contributed by atoms with E-state index in [4.69, 9.17) is 5.11 Å². The second-order valence-corrected chi connectivity index (χ2v) is 10.7. The molecule has 1 heterocycles. The fraction of sp³-hybridized carbons (Fsp3) is 0.750. The summed E-state index contributed by atoms with van der Waals surface area (Å²) in [6.45, 7) is 4.83. The smallest absolute Gasteiger partial charge is 0.305 e. The van der Waals surface area contributed by atoms with E-state index in [0.29, 0.717) is 53.9 Å². The van der Waals surface area contributed by atoms with Crippen LogP contribution in [0.25, 0.3) is 0 Å². The summed E-state index contributed by atoms with van der Waals surface area (Å²) in [5.41, 5.74) is 0.682. The van der Waals surface area contributed by atoms with Gasteiger partial charge in [-0.15, -0.1) is 5.10 Å². The molecule has 1 aromatic heterocycles.